The summed E-state index contributed by atoms with van der Waals surface area (Å²) in [4.78, 5) is 11.2. The monoisotopic (exact) mass is 427 g/mol. The Morgan fingerprint density at radius 1 is 1.35 bits per heavy atom. The molecule has 1 rings (SSSR count). The maximum Gasteiger partial charge on any atom is 0.305 e. The highest BCUT2D eigenvalue weighted by Crippen LogP contribution is 2.27. The summed E-state index contributed by atoms with van der Waals surface area (Å²) in [6, 6.07) is 4.95. The Kier molecular flexibility index (Phi) is 6.63. The fraction of sp³-hybridized carbons (Fsp3) is 0.417. The molecule has 0 unspecified atom stereocenters. The summed E-state index contributed by atoms with van der Waals surface area (Å²) in [5, 5.41) is 0. The Balaban J connectivity index is 2.82. The smallest absolute Gasteiger partial charge is 0.305 e. The van der Waals surface area contributed by atoms with E-state index in [4.69, 9.17) is 0 Å². The minimum atomic E-state index is -3.59. The molecule has 1 aromatic rings. The molecule has 0 fully saturated rings. The Labute approximate surface area is 135 Å². The van der Waals surface area contributed by atoms with E-state index in [1.807, 2.05) is 0 Å². The zero-order chi connectivity index (χ0) is 15.3. The van der Waals surface area contributed by atoms with Crippen LogP contribution in [0.2, 0.25) is 0 Å². The summed E-state index contributed by atoms with van der Waals surface area (Å²) >= 11 is 6.49. The lowest BCUT2D eigenvalue weighted by Crippen LogP contribution is -2.28. The second kappa shape index (κ2) is 7.53. The van der Waals surface area contributed by atoms with Crippen molar-refractivity contribution in [1.29, 1.82) is 0 Å². The molecule has 0 amide bonds. The van der Waals surface area contributed by atoms with Crippen LogP contribution in [0, 0.1) is 0 Å². The molecule has 0 aliphatic carbocycles. The van der Waals surface area contributed by atoms with E-state index < -0.39 is 10.0 Å². The van der Waals surface area contributed by atoms with Crippen LogP contribution in [0.25, 0.3) is 0 Å². The third-order valence-corrected chi connectivity index (χ3v) is 6.01. The molecule has 0 aromatic heterocycles. The molecule has 0 N–H and O–H groups in total. The maximum atomic E-state index is 12.4. The lowest BCUT2D eigenvalue weighted by molar-refractivity contribution is -0.140. The normalized spacial score (nSPS) is 11.7. The fourth-order valence-corrected chi connectivity index (χ4v) is 4.18. The van der Waals surface area contributed by atoms with E-state index >= 15 is 0 Å². The maximum absolute atomic E-state index is 12.4. The predicted octanol–water partition coefficient (Wildman–Crippen LogP) is 2.79. The summed E-state index contributed by atoms with van der Waals surface area (Å²) in [6.07, 6.45) is 0.601. The van der Waals surface area contributed by atoms with Gasteiger partial charge >= 0.3 is 5.97 Å². The first-order valence-corrected chi connectivity index (χ1v) is 8.80. The molecular weight excluding hydrogens is 414 g/mol. The molecule has 1 aromatic carbocycles. The number of carbonyl (C=O) groups excluding carboxylic acids is 1. The zero-order valence-electron chi connectivity index (χ0n) is 11.1. The van der Waals surface area contributed by atoms with Crippen molar-refractivity contribution in [2.75, 3.05) is 20.7 Å². The van der Waals surface area contributed by atoms with Crippen LogP contribution in [0.3, 0.4) is 0 Å². The van der Waals surface area contributed by atoms with Crippen LogP contribution in [0.15, 0.2) is 32.0 Å². The van der Waals surface area contributed by atoms with E-state index in [2.05, 4.69) is 36.6 Å². The van der Waals surface area contributed by atoms with Crippen LogP contribution < -0.4 is 0 Å². The number of nitrogens with zero attached hydrogens (tertiary/aromatic N) is 1. The Hall–Kier alpha value is -0.440. The minimum absolute atomic E-state index is 0.187. The summed E-state index contributed by atoms with van der Waals surface area (Å²) in [5.74, 6) is -0.348. The summed E-state index contributed by atoms with van der Waals surface area (Å²) in [5.41, 5.74) is 0. The zero-order valence-corrected chi connectivity index (χ0v) is 15.1. The van der Waals surface area contributed by atoms with Crippen LogP contribution in [-0.4, -0.2) is 39.4 Å². The van der Waals surface area contributed by atoms with Crippen molar-refractivity contribution in [2.24, 2.45) is 0 Å². The van der Waals surface area contributed by atoms with Gasteiger partial charge in [-0.1, -0.05) is 15.9 Å². The number of carbonyl (C=O) groups is 1. The van der Waals surface area contributed by atoms with Gasteiger partial charge in [-0.25, -0.2) is 12.7 Å². The van der Waals surface area contributed by atoms with Crippen molar-refractivity contribution in [3.8, 4) is 0 Å². The predicted molar refractivity (Wildman–Crippen MR) is 82.9 cm³/mol. The number of sulfonamides is 1. The highest BCUT2D eigenvalue weighted by Gasteiger charge is 2.23. The molecule has 0 radical (unpaired) electrons. The minimum Gasteiger partial charge on any atom is -0.469 e. The number of benzene rings is 1. The molecule has 20 heavy (non-hydrogen) atoms. The van der Waals surface area contributed by atoms with E-state index in [9.17, 15) is 13.2 Å². The third-order valence-electron chi connectivity index (χ3n) is 2.66. The Morgan fingerprint density at radius 2 is 2.00 bits per heavy atom. The van der Waals surface area contributed by atoms with Gasteiger partial charge in [-0.15, -0.1) is 0 Å². The highest BCUT2D eigenvalue weighted by molar-refractivity contribution is 9.11. The fourth-order valence-electron chi connectivity index (χ4n) is 1.51. The van der Waals surface area contributed by atoms with Gasteiger partial charge < -0.3 is 4.74 Å². The van der Waals surface area contributed by atoms with E-state index in [0.717, 1.165) is 0 Å². The lowest BCUT2D eigenvalue weighted by Gasteiger charge is -2.18. The molecule has 5 nitrogen and oxygen atoms in total. The molecule has 0 aliphatic rings. The quantitative estimate of drug-likeness (QED) is 0.653. The van der Waals surface area contributed by atoms with Gasteiger partial charge in [-0.05, 0) is 40.5 Å². The molecule has 112 valence electrons. The lowest BCUT2D eigenvalue weighted by atomic mass is 10.3. The van der Waals surface area contributed by atoms with Gasteiger partial charge in [0, 0.05) is 29.0 Å². The number of hydrogen-bond acceptors (Lipinski definition) is 4. The highest BCUT2D eigenvalue weighted by atomic mass is 79.9. The van der Waals surface area contributed by atoms with Crippen molar-refractivity contribution in [1.82, 2.24) is 4.31 Å². The standard InChI is InChI=1S/C12H15Br2NO4S/c1-15(7-3-4-12(16)19-2)20(17,18)11-8-9(13)5-6-10(11)14/h5-6,8H,3-4,7H2,1-2H3. The van der Waals surface area contributed by atoms with E-state index in [1.54, 1.807) is 12.1 Å². The summed E-state index contributed by atoms with van der Waals surface area (Å²) in [6.45, 7) is 0.246. The van der Waals surface area contributed by atoms with Gasteiger partial charge in [0.2, 0.25) is 10.0 Å². The average molecular weight is 429 g/mol. The third kappa shape index (κ3) is 4.54. The second-order valence-corrected chi connectivity index (χ2v) is 7.86. The number of rotatable bonds is 6. The van der Waals surface area contributed by atoms with Crippen LogP contribution >= 0.6 is 31.9 Å². The van der Waals surface area contributed by atoms with E-state index in [-0.39, 0.29) is 23.8 Å². The van der Waals surface area contributed by atoms with Crippen LogP contribution in [0.1, 0.15) is 12.8 Å². The number of halogens is 2. The molecule has 0 heterocycles. The van der Waals surface area contributed by atoms with Crippen molar-refractivity contribution in [3.63, 3.8) is 0 Å². The first-order chi connectivity index (χ1) is 9.28. The average Bonchev–Trinajstić information content (AvgIpc) is 2.40. The molecular formula is C12H15Br2NO4S. The van der Waals surface area contributed by atoms with Crippen LogP contribution in [0.4, 0.5) is 0 Å². The Morgan fingerprint density at radius 3 is 2.60 bits per heavy atom. The van der Waals surface area contributed by atoms with Gasteiger partial charge in [0.25, 0.3) is 0 Å². The molecule has 0 bridgehead atoms. The van der Waals surface area contributed by atoms with Crippen molar-refractivity contribution >= 4 is 47.9 Å². The topological polar surface area (TPSA) is 63.7 Å². The number of methoxy groups -OCH3 is 1. The number of ether oxygens (including phenoxy) is 1. The van der Waals surface area contributed by atoms with E-state index in [1.165, 1.54) is 24.5 Å². The van der Waals surface area contributed by atoms with Gasteiger partial charge in [0.15, 0.2) is 0 Å². The second-order valence-electron chi connectivity index (χ2n) is 4.08. The SMILES string of the molecule is COC(=O)CCCN(C)S(=O)(=O)c1cc(Br)ccc1Br. The van der Waals surface area contributed by atoms with Gasteiger partial charge in [-0.3, -0.25) is 4.79 Å². The van der Waals surface area contributed by atoms with Gasteiger partial charge in [0.1, 0.15) is 0 Å². The summed E-state index contributed by atoms with van der Waals surface area (Å²) < 4.78 is 31.7. The molecule has 0 aliphatic heterocycles. The number of hydrogen-bond donors (Lipinski definition) is 0. The van der Waals surface area contributed by atoms with Crippen molar-refractivity contribution < 1.29 is 17.9 Å². The molecule has 0 spiro atoms. The van der Waals surface area contributed by atoms with Crippen LogP contribution in [0.5, 0.6) is 0 Å². The molecule has 0 saturated heterocycles. The Bertz CT molecular complexity index is 589. The van der Waals surface area contributed by atoms with Crippen molar-refractivity contribution in [3.05, 3.63) is 27.1 Å². The summed E-state index contributed by atoms with van der Waals surface area (Å²) in [7, 11) is -0.799. The molecule has 0 saturated carbocycles. The molecule has 8 heteroatoms. The first-order valence-electron chi connectivity index (χ1n) is 5.77. The van der Waals surface area contributed by atoms with Crippen molar-refractivity contribution in [2.45, 2.75) is 17.7 Å². The van der Waals surface area contributed by atoms with Gasteiger partial charge in [-0.2, -0.15) is 0 Å². The first kappa shape index (κ1) is 17.6. The molecule has 0 atom stereocenters. The van der Waals surface area contributed by atoms with E-state index in [0.29, 0.717) is 15.4 Å². The number of esters is 1. The largest absolute Gasteiger partial charge is 0.469 e. The van der Waals surface area contributed by atoms with Crippen LogP contribution in [-0.2, 0) is 19.6 Å². The van der Waals surface area contributed by atoms with Gasteiger partial charge in [0.05, 0.1) is 12.0 Å².